The van der Waals surface area contributed by atoms with Gasteiger partial charge in [-0.05, 0) is 23.8 Å². The lowest BCUT2D eigenvalue weighted by molar-refractivity contribution is -0.116. The van der Waals surface area contributed by atoms with Gasteiger partial charge in [-0.1, -0.05) is 18.2 Å². The zero-order chi connectivity index (χ0) is 14.8. The van der Waals surface area contributed by atoms with Crippen molar-refractivity contribution in [2.45, 2.75) is 6.54 Å². The molecule has 1 aliphatic rings. The van der Waals surface area contributed by atoms with Crippen LogP contribution in [0, 0.1) is 5.95 Å². The van der Waals surface area contributed by atoms with Gasteiger partial charge in [-0.3, -0.25) is 9.59 Å². The number of hydrogen-bond acceptors (Lipinski definition) is 3. The summed E-state index contributed by atoms with van der Waals surface area (Å²) in [6, 6.07) is 10.1. The number of anilines is 1. The van der Waals surface area contributed by atoms with Crippen LogP contribution in [-0.2, 0) is 11.3 Å². The average Bonchev–Trinajstić information content (AvgIpc) is 2.65. The molecule has 0 aliphatic carbocycles. The summed E-state index contributed by atoms with van der Waals surface area (Å²) in [4.78, 5) is 29.0. The van der Waals surface area contributed by atoms with Crippen LogP contribution in [0.4, 0.5) is 10.1 Å². The van der Waals surface area contributed by atoms with E-state index in [1.807, 2.05) is 12.1 Å². The van der Waals surface area contributed by atoms with Crippen molar-refractivity contribution in [1.82, 2.24) is 9.88 Å². The predicted molar refractivity (Wildman–Crippen MR) is 74.0 cm³/mol. The van der Waals surface area contributed by atoms with E-state index in [2.05, 4.69) is 10.3 Å². The summed E-state index contributed by atoms with van der Waals surface area (Å²) in [5.74, 6) is -1.69. The molecule has 5 nitrogen and oxygen atoms in total. The highest BCUT2D eigenvalue weighted by atomic mass is 19.1. The minimum atomic E-state index is -0.833. The third-order valence-electron chi connectivity index (χ3n) is 3.26. The number of benzene rings is 1. The van der Waals surface area contributed by atoms with Gasteiger partial charge in [-0.25, -0.2) is 4.98 Å². The number of rotatable bonds is 1. The number of nitrogens with one attached hydrogen (secondary N) is 1. The molecule has 1 aromatic carbocycles. The Hall–Kier alpha value is -2.76. The number of fused-ring (bicyclic) bond motifs is 1. The van der Waals surface area contributed by atoms with Crippen molar-refractivity contribution in [3.05, 3.63) is 59.7 Å². The van der Waals surface area contributed by atoms with Gasteiger partial charge >= 0.3 is 0 Å². The van der Waals surface area contributed by atoms with E-state index in [0.717, 1.165) is 5.56 Å². The van der Waals surface area contributed by atoms with Crippen LogP contribution in [0.1, 0.15) is 15.9 Å². The SMILES string of the molecule is O=C1CN(C(=O)c2cccnc2F)Cc2ccccc2N1. The number of carbonyl (C=O) groups is 2. The van der Waals surface area contributed by atoms with Crippen LogP contribution < -0.4 is 5.32 Å². The topological polar surface area (TPSA) is 62.3 Å². The molecular formula is C15H12FN3O2. The lowest BCUT2D eigenvalue weighted by Crippen LogP contribution is -2.35. The fraction of sp³-hybridized carbons (Fsp3) is 0.133. The van der Waals surface area contributed by atoms with Crippen LogP contribution >= 0.6 is 0 Å². The maximum atomic E-state index is 13.6. The Morgan fingerprint density at radius 3 is 2.81 bits per heavy atom. The number of amides is 2. The predicted octanol–water partition coefficient (Wildman–Crippen LogP) is 1.82. The first-order chi connectivity index (χ1) is 10.1. The van der Waals surface area contributed by atoms with Crippen LogP contribution in [-0.4, -0.2) is 28.2 Å². The quantitative estimate of drug-likeness (QED) is 0.813. The molecule has 21 heavy (non-hydrogen) atoms. The van der Waals surface area contributed by atoms with E-state index < -0.39 is 11.9 Å². The second-order valence-corrected chi connectivity index (χ2v) is 4.71. The minimum absolute atomic E-state index is 0.123. The highest BCUT2D eigenvalue weighted by Gasteiger charge is 2.25. The van der Waals surface area contributed by atoms with Gasteiger partial charge in [0, 0.05) is 18.4 Å². The molecule has 2 heterocycles. The number of hydrogen-bond donors (Lipinski definition) is 1. The summed E-state index contributed by atoms with van der Waals surface area (Å²) in [7, 11) is 0. The highest BCUT2D eigenvalue weighted by molar-refractivity contribution is 6.00. The van der Waals surface area contributed by atoms with Crippen molar-refractivity contribution in [2.24, 2.45) is 0 Å². The molecule has 0 atom stereocenters. The molecule has 2 aromatic rings. The van der Waals surface area contributed by atoms with Crippen LogP contribution in [0.25, 0.3) is 0 Å². The first kappa shape index (κ1) is 13.2. The van der Waals surface area contributed by atoms with Crippen molar-refractivity contribution in [1.29, 1.82) is 0 Å². The average molecular weight is 285 g/mol. The minimum Gasteiger partial charge on any atom is -0.325 e. The normalized spacial score (nSPS) is 14.1. The molecule has 3 rings (SSSR count). The van der Waals surface area contributed by atoms with E-state index >= 15 is 0 Å². The van der Waals surface area contributed by atoms with Gasteiger partial charge in [0.2, 0.25) is 11.9 Å². The Morgan fingerprint density at radius 1 is 1.19 bits per heavy atom. The molecule has 1 N–H and O–H groups in total. The molecule has 0 spiro atoms. The molecule has 0 radical (unpaired) electrons. The van der Waals surface area contributed by atoms with E-state index in [0.29, 0.717) is 5.69 Å². The molecule has 6 heteroatoms. The molecule has 0 bridgehead atoms. The van der Waals surface area contributed by atoms with E-state index in [1.165, 1.54) is 23.2 Å². The first-order valence-corrected chi connectivity index (χ1v) is 6.42. The molecule has 0 saturated heterocycles. The second kappa shape index (κ2) is 5.32. The lowest BCUT2D eigenvalue weighted by atomic mass is 10.1. The maximum Gasteiger partial charge on any atom is 0.259 e. The largest absolute Gasteiger partial charge is 0.325 e. The Morgan fingerprint density at radius 2 is 2.00 bits per heavy atom. The van der Waals surface area contributed by atoms with Crippen molar-refractivity contribution in [3.63, 3.8) is 0 Å². The summed E-state index contributed by atoms with van der Waals surface area (Å²) >= 11 is 0. The third kappa shape index (κ3) is 2.60. The number of aromatic nitrogens is 1. The lowest BCUT2D eigenvalue weighted by Gasteiger charge is -2.19. The number of carbonyl (C=O) groups excluding carboxylic acids is 2. The number of nitrogens with zero attached hydrogens (tertiary/aromatic N) is 2. The monoisotopic (exact) mass is 285 g/mol. The molecule has 0 unspecified atom stereocenters. The summed E-state index contributed by atoms with van der Waals surface area (Å²) in [6.07, 6.45) is 1.27. The van der Waals surface area contributed by atoms with Crippen LogP contribution in [0.5, 0.6) is 0 Å². The zero-order valence-corrected chi connectivity index (χ0v) is 11.0. The Labute approximate surface area is 120 Å². The molecule has 1 aliphatic heterocycles. The van der Waals surface area contributed by atoms with Crippen LogP contribution in [0.15, 0.2) is 42.6 Å². The number of para-hydroxylation sites is 1. The van der Waals surface area contributed by atoms with Crippen molar-refractivity contribution in [3.8, 4) is 0 Å². The molecule has 0 fully saturated rings. The van der Waals surface area contributed by atoms with Gasteiger partial charge in [-0.15, -0.1) is 0 Å². The van der Waals surface area contributed by atoms with Gasteiger partial charge in [0.25, 0.3) is 5.91 Å². The summed E-state index contributed by atoms with van der Waals surface area (Å²) < 4.78 is 13.6. The maximum absolute atomic E-state index is 13.6. The molecule has 1 aromatic heterocycles. The Bertz CT molecular complexity index is 718. The molecular weight excluding hydrogens is 273 g/mol. The summed E-state index contributed by atoms with van der Waals surface area (Å²) in [5, 5.41) is 2.73. The molecule has 2 amide bonds. The van der Waals surface area contributed by atoms with Gasteiger partial charge < -0.3 is 10.2 Å². The summed E-state index contributed by atoms with van der Waals surface area (Å²) in [6.45, 7) is 0.115. The highest BCUT2D eigenvalue weighted by Crippen LogP contribution is 2.21. The van der Waals surface area contributed by atoms with E-state index in [9.17, 15) is 14.0 Å². The van der Waals surface area contributed by atoms with E-state index in [4.69, 9.17) is 0 Å². The van der Waals surface area contributed by atoms with E-state index in [-0.39, 0.29) is 24.6 Å². The smallest absolute Gasteiger partial charge is 0.259 e. The van der Waals surface area contributed by atoms with Gasteiger partial charge in [0.1, 0.15) is 6.54 Å². The number of pyridine rings is 1. The zero-order valence-electron chi connectivity index (χ0n) is 11.0. The van der Waals surface area contributed by atoms with Gasteiger partial charge in [0.05, 0.1) is 5.56 Å². The fourth-order valence-corrected chi connectivity index (χ4v) is 2.26. The second-order valence-electron chi connectivity index (χ2n) is 4.71. The van der Waals surface area contributed by atoms with Crippen molar-refractivity contribution < 1.29 is 14.0 Å². The van der Waals surface area contributed by atoms with Crippen LogP contribution in [0.2, 0.25) is 0 Å². The Balaban J connectivity index is 1.94. The van der Waals surface area contributed by atoms with Crippen molar-refractivity contribution >= 4 is 17.5 Å². The van der Waals surface area contributed by atoms with Gasteiger partial charge in [-0.2, -0.15) is 4.39 Å². The summed E-state index contributed by atoms with van der Waals surface area (Å²) in [5.41, 5.74) is 1.34. The Kier molecular flexibility index (Phi) is 3.35. The number of halogens is 1. The molecule has 106 valence electrons. The third-order valence-corrected chi connectivity index (χ3v) is 3.26. The fourth-order valence-electron chi connectivity index (χ4n) is 2.26. The van der Waals surface area contributed by atoms with Crippen LogP contribution in [0.3, 0.4) is 0 Å². The first-order valence-electron chi connectivity index (χ1n) is 6.42. The van der Waals surface area contributed by atoms with E-state index in [1.54, 1.807) is 12.1 Å². The van der Waals surface area contributed by atoms with Crippen molar-refractivity contribution in [2.75, 3.05) is 11.9 Å². The standard InChI is InChI=1S/C15H12FN3O2/c16-14-11(5-3-7-17-14)15(21)19-8-10-4-1-2-6-12(10)18-13(20)9-19/h1-7H,8-9H2,(H,18,20). The van der Waals surface area contributed by atoms with Gasteiger partial charge in [0.15, 0.2) is 0 Å². The molecule has 0 saturated carbocycles.